The standard InChI is InChI=1S/C3H5NOS.C3H3NOS/c2*5-3-1-4-6-2-3/h4H,1-2H2;1H,2H2. The van der Waals surface area contributed by atoms with Gasteiger partial charge in [-0.25, -0.2) is 4.40 Å². The number of ketones is 2. The van der Waals surface area contributed by atoms with E-state index < -0.39 is 0 Å². The van der Waals surface area contributed by atoms with E-state index in [0.29, 0.717) is 23.8 Å². The number of carbonyl (C=O) groups is 2. The molecule has 2 heterocycles. The molecule has 0 aromatic rings. The fourth-order valence-corrected chi connectivity index (χ4v) is 1.64. The maximum atomic E-state index is 10.2. The first-order valence-electron chi connectivity index (χ1n) is 3.33. The van der Waals surface area contributed by atoms with Gasteiger partial charge in [-0.1, -0.05) is 11.9 Å². The van der Waals surface area contributed by atoms with Gasteiger partial charge in [0.1, 0.15) is 0 Å². The Balaban J connectivity index is 0.000000120. The Morgan fingerprint density at radius 2 is 2.25 bits per heavy atom. The zero-order chi connectivity index (χ0) is 8.81. The molecule has 0 spiro atoms. The molecule has 0 aromatic carbocycles. The van der Waals surface area contributed by atoms with Gasteiger partial charge in [0.15, 0.2) is 11.6 Å². The molecule has 1 saturated heterocycles. The van der Waals surface area contributed by atoms with Crippen LogP contribution >= 0.6 is 23.9 Å². The normalized spacial score (nSPS) is 21.0. The quantitative estimate of drug-likeness (QED) is 0.567. The highest BCUT2D eigenvalue weighted by Gasteiger charge is 2.07. The van der Waals surface area contributed by atoms with Crippen molar-refractivity contribution in [3.63, 3.8) is 0 Å². The van der Waals surface area contributed by atoms with E-state index in [9.17, 15) is 9.59 Å². The van der Waals surface area contributed by atoms with Crippen LogP contribution in [0.4, 0.5) is 0 Å². The summed E-state index contributed by atoms with van der Waals surface area (Å²) in [5.41, 5.74) is 0. The lowest BCUT2D eigenvalue weighted by atomic mass is 10.5. The maximum absolute atomic E-state index is 10.2. The highest BCUT2D eigenvalue weighted by atomic mass is 32.2. The van der Waals surface area contributed by atoms with E-state index >= 15 is 0 Å². The SMILES string of the molecule is O=C1C=NSC1.O=C1CNSC1. The van der Waals surface area contributed by atoms with Crippen molar-refractivity contribution in [1.29, 1.82) is 0 Å². The van der Waals surface area contributed by atoms with Gasteiger partial charge in [0.25, 0.3) is 0 Å². The molecule has 0 amide bonds. The topological polar surface area (TPSA) is 58.5 Å². The van der Waals surface area contributed by atoms with Crippen molar-refractivity contribution < 1.29 is 9.59 Å². The first-order chi connectivity index (χ1) is 5.79. The summed E-state index contributed by atoms with van der Waals surface area (Å²) >= 11 is 2.78. The average Bonchev–Trinajstić information content (AvgIpc) is 2.63. The molecule has 0 radical (unpaired) electrons. The molecule has 66 valence electrons. The van der Waals surface area contributed by atoms with E-state index in [1.807, 2.05) is 0 Å². The van der Waals surface area contributed by atoms with Crippen LogP contribution < -0.4 is 4.72 Å². The zero-order valence-electron chi connectivity index (χ0n) is 6.28. The van der Waals surface area contributed by atoms with Crippen molar-refractivity contribution in [1.82, 2.24) is 4.72 Å². The van der Waals surface area contributed by atoms with Crippen LogP contribution in [-0.4, -0.2) is 35.8 Å². The Kier molecular flexibility index (Phi) is 4.34. The smallest absolute Gasteiger partial charge is 0.186 e. The predicted octanol–water partition coefficient (Wildman–Crippen LogP) is 0.0950. The first kappa shape index (κ1) is 9.76. The Bertz CT molecular complexity index is 210. The summed E-state index contributed by atoms with van der Waals surface area (Å²) < 4.78 is 6.45. The van der Waals surface area contributed by atoms with Gasteiger partial charge in [-0.3, -0.25) is 14.3 Å². The first-order valence-corrected chi connectivity index (χ1v) is 5.26. The van der Waals surface area contributed by atoms with Crippen LogP contribution in [0.3, 0.4) is 0 Å². The van der Waals surface area contributed by atoms with E-state index in [2.05, 4.69) is 9.12 Å². The van der Waals surface area contributed by atoms with Crippen LogP contribution in [0.1, 0.15) is 0 Å². The van der Waals surface area contributed by atoms with Gasteiger partial charge in [0.2, 0.25) is 0 Å². The largest absolute Gasteiger partial charge is 0.297 e. The molecule has 0 saturated carbocycles. The number of carbonyl (C=O) groups excluding carboxylic acids is 2. The van der Waals surface area contributed by atoms with E-state index in [1.165, 1.54) is 30.1 Å². The third-order valence-electron chi connectivity index (χ3n) is 1.08. The number of nitrogens with one attached hydrogen (secondary N) is 1. The molecule has 4 nitrogen and oxygen atoms in total. The van der Waals surface area contributed by atoms with E-state index in [4.69, 9.17) is 0 Å². The van der Waals surface area contributed by atoms with Crippen molar-refractivity contribution >= 4 is 41.7 Å². The summed E-state index contributed by atoms with van der Waals surface area (Å²) in [5.74, 6) is 1.63. The fourth-order valence-electron chi connectivity index (χ4n) is 0.548. The van der Waals surface area contributed by atoms with Crippen molar-refractivity contribution in [3.8, 4) is 0 Å². The Morgan fingerprint density at radius 3 is 2.42 bits per heavy atom. The molecular weight excluding hydrogens is 196 g/mol. The minimum atomic E-state index is 0.125. The van der Waals surface area contributed by atoms with E-state index in [0.717, 1.165) is 0 Å². The second kappa shape index (κ2) is 5.34. The maximum Gasteiger partial charge on any atom is 0.186 e. The third kappa shape index (κ3) is 3.89. The molecule has 2 aliphatic heterocycles. The molecule has 0 bridgehead atoms. The zero-order valence-corrected chi connectivity index (χ0v) is 7.91. The predicted molar refractivity (Wildman–Crippen MR) is 51.4 cm³/mol. The second-order valence-corrected chi connectivity index (χ2v) is 3.75. The van der Waals surface area contributed by atoms with Gasteiger partial charge in [0.05, 0.1) is 24.3 Å². The van der Waals surface area contributed by atoms with Crippen molar-refractivity contribution in [2.24, 2.45) is 4.40 Å². The van der Waals surface area contributed by atoms with Crippen LogP contribution in [0.5, 0.6) is 0 Å². The molecule has 2 aliphatic rings. The van der Waals surface area contributed by atoms with Crippen molar-refractivity contribution in [2.75, 3.05) is 18.1 Å². The van der Waals surface area contributed by atoms with Gasteiger partial charge in [-0.15, -0.1) is 0 Å². The Morgan fingerprint density at radius 1 is 1.42 bits per heavy atom. The second-order valence-electron chi connectivity index (χ2n) is 2.12. The van der Waals surface area contributed by atoms with Crippen LogP contribution in [0, 0.1) is 0 Å². The molecule has 1 fully saturated rings. The van der Waals surface area contributed by atoms with E-state index in [1.54, 1.807) is 0 Å². The molecule has 12 heavy (non-hydrogen) atoms. The molecule has 1 N–H and O–H groups in total. The van der Waals surface area contributed by atoms with Crippen molar-refractivity contribution in [2.45, 2.75) is 0 Å². The number of rotatable bonds is 0. The molecule has 0 unspecified atom stereocenters. The fraction of sp³-hybridized carbons (Fsp3) is 0.500. The molecule has 0 atom stereocenters. The summed E-state index contributed by atoms with van der Waals surface area (Å²) in [5, 5.41) is 0. The highest BCUT2D eigenvalue weighted by Crippen LogP contribution is 2.05. The van der Waals surface area contributed by atoms with Gasteiger partial charge < -0.3 is 0 Å². The highest BCUT2D eigenvalue weighted by molar-refractivity contribution is 7.99. The van der Waals surface area contributed by atoms with Crippen LogP contribution in [0.25, 0.3) is 0 Å². The van der Waals surface area contributed by atoms with Gasteiger partial charge in [-0.05, 0) is 11.9 Å². The van der Waals surface area contributed by atoms with Gasteiger partial charge >= 0.3 is 0 Å². The number of hydrogen-bond acceptors (Lipinski definition) is 6. The summed E-state index contributed by atoms with van der Waals surface area (Å²) in [6.07, 6.45) is 1.35. The van der Waals surface area contributed by atoms with Crippen LogP contribution in [0.2, 0.25) is 0 Å². The van der Waals surface area contributed by atoms with E-state index in [-0.39, 0.29) is 5.78 Å². The molecule has 6 heteroatoms. The number of Topliss-reactive ketones (excluding diaryl/α,β-unsaturated/α-hetero) is 2. The lowest BCUT2D eigenvalue weighted by Crippen LogP contribution is -2.04. The molecule has 0 aromatic heterocycles. The Labute approximate surface area is 78.8 Å². The minimum absolute atomic E-state index is 0.125. The number of nitrogens with zero attached hydrogens (tertiary/aromatic N) is 1. The molecule has 2 rings (SSSR count). The minimum Gasteiger partial charge on any atom is -0.297 e. The van der Waals surface area contributed by atoms with Crippen molar-refractivity contribution in [3.05, 3.63) is 0 Å². The summed E-state index contributed by atoms with van der Waals surface area (Å²) in [6.45, 7) is 0.560. The van der Waals surface area contributed by atoms with Crippen LogP contribution in [-0.2, 0) is 9.59 Å². The number of hydrogen-bond donors (Lipinski definition) is 1. The third-order valence-corrected chi connectivity index (χ3v) is 2.57. The van der Waals surface area contributed by atoms with Gasteiger partial charge in [-0.2, -0.15) is 0 Å². The lowest BCUT2D eigenvalue weighted by molar-refractivity contribution is -0.115. The molecular formula is C6H8N2O2S2. The monoisotopic (exact) mass is 204 g/mol. The van der Waals surface area contributed by atoms with Crippen LogP contribution in [0.15, 0.2) is 4.40 Å². The summed E-state index contributed by atoms with van der Waals surface area (Å²) in [4.78, 5) is 20.2. The summed E-state index contributed by atoms with van der Waals surface area (Å²) in [7, 11) is 0. The average molecular weight is 204 g/mol. The lowest BCUT2D eigenvalue weighted by Gasteiger charge is -1.73. The Hall–Kier alpha value is -0.330. The van der Waals surface area contributed by atoms with Gasteiger partial charge in [0, 0.05) is 0 Å². The molecule has 0 aliphatic carbocycles. The summed E-state index contributed by atoms with van der Waals surface area (Å²) in [6, 6.07) is 0.